The third-order valence-corrected chi connectivity index (χ3v) is 3.20. The van der Waals surface area contributed by atoms with E-state index >= 15 is 0 Å². The fourth-order valence-corrected chi connectivity index (χ4v) is 2.25. The standard InChI is InChI=1S/C12H14N2O4/c1-7-4-6-14(10(7)12(17)18)11(16)9-8(15)3-2-5-13-9/h2-3,5,7,10,15H,4,6H2,1H3,(H,17,18). The van der Waals surface area contributed by atoms with Crippen LogP contribution in [0.1, 0.15) is 23.8 Å². The number of carboxylic acid groups (broad SMARTS) is 1. The van der Waals surface area contributed by atoms with E-state index in [1.165, 1.54) is 23.2 Å². The molecule has 0 aliphatic carbocycles. The van der Waals surface area contributed by atoms with Crippen LogP contribution in [0.25, 0.3) is 0 Å². The van der Waals surface area contributed by atoms with E-state index in [1.54, 1.807) is 6.92 Å². The maximum atomic E-state index is 12.2. The number of likely N-dealkylation sites (tertiary alicyclic amines) is 1. The first kappa shape index (κ1) is 12.3. The number of carboxylic acids is 1. The van der Waals surface area contributed by atoms with Gasteiger partial charge in [0.2, 0.25) is 0 Å². The Morgan fingerprint density at radius 3 is 2.83 bits per heavy atom. The summed E-state index contributed by atoms with van der Waals surface area (Å²) in [4.78, 5) is 28.4. The number of carbonyl (C=O) groups excluding carboxylic acids is 1. The molecular formula is C12H14N2O4. The highest BCUT2D eigenvalue weighted by Crippen LogP contribution is 2.27. The van der Waals surface area contributed by atoms with Crippen molar-refractivity contribution in [1.82, 2.24) is 9.88 Å². The molecule has 1 aromatic heterocycles. The number of rotatable bonds is 2. The number of carbonyl (C=O) groups is 2. The van der Waals surface area contributed by atoms with Crippen molar-refractivity contribution in [2.24, 2.45) is 5.92 Å². The molecule has 0 aromatic carbocycles. The van der Waals surface area contributed by atoms with Gasteiger partial charge in [0.1, 0.15) is 11.8 Å². The van der Waals surface area contributed by atoms with E-state index in [9.17, 15) is 14.7 Å². The third kappa shape index (κ3) is 2.01. The number of amides is 1. The molecule has 0 radical (unpaired) electrons. The van der Waals surface area contributed by atoms with Gasteiger partial charge in [0, 0.05) is 12.7 Å². The maximum absolute atomic E-state index is 12.2. The Bertz CT molecular complexity index is 489. The average Bonchev–Trinajstić information content (AvgIpc) is 2.71. The van der Waals surface area contributed by atoms with Crippen molar-refractivity contribution in [1.29, 1.82) is 0 Å². The molecule has 2 rings (SSSR count). The van der Waals surface area contributed by atoms with Crippen molar-refractivity contribution in [2.75, 3.05) is 6.54 Å². The Morgan fingerprint density at radius 2 is 2.22 bits per heavy atom. The molecule has 1 aliphatic heterocycles. The topological polar surface area (TPSA) is 90.7 Å². The monoisotopic (exact) mass is 250 g/mol. The van der Waals surface area contributed by atoms with E-state index in [0.717, 1.165) is 0 Å². The largest absolute Gasteiger partial charge is 0.505 e. The van der Waals surface area contributed by atoms with E-state index < -0.39 is 17.9 Å². The molecule has 2 heterocycles. The van der Waals surface area contributed by atoms with Crippen LogP contribution in [0.5, 0.6) is 5.75 Å². The molecule has 96 valence electrons. The smallest absolute Gasteiger partial charge is 0.326 e. The van der Waals surface area contributed by atoms with Crippen molar-refractivity contribution in [3.63, 3.8) is 0 Å². The summed E-state index contributed by atoms with van der Waals surface area (Å²) in [5.41, 5.74) is -0.0992. The summed E-state index contributed by atoms with van der Waals surface area (Å²) in [6.07, 6.45) is 2.03. The van der Waals surface area contributed by atoms with Crippen LogP contribution >= 0.6 is 0 Å². The zero-order valence-electron chi connectivity index (χ0n) is 9.91. The summed E-state index contributed by atoms with van der Waals surface area (Å²) in [6.45, 7) is 2.16. The van der Waals surface area contributed by atoms with E-state index in [-0.39, 0.29) is 17.4 Å². The molecule has 2 N–H and O–H groups in total. The minimum absolute atomic E-state index is 0.0992. The summed E-state index contributed by atoms with van der Waals surface area (Å²) in [7, 11) is 0. The molecule has 0 bridgehead atoms. The molecule has 1 saturated heterocycles. The van der Waals surface area contributed by atoms with Crippen molar-refractivity contribution in [2.45, 2.75) is 19.4 Å². The van der Waals surface area contributed by atoms with Gasteiger partial charge in [-0.1, -0.05) is 6.92 Å². The highest BCUT2D eigenvalue weighted by molar-refractivity contribution is 5.97. The van der Waals surface area contributed by atoms with Crippen LogP contribution in [0, 0.1) is 5.92 Å². The van der Waals surface area contributed by atoms with Gasteiger partial charge in [0.25, 0.3) is 5.91 Å². The van der Waals surface area contributed by atoms with Gasteiger partial charge in [-0.25, -0.2) is 9.78 Å². The molecule has 2 atom stereocenters. The molecule has 0 saturated carbocycles. The first-order valence-electron chi connectivity index (χ1n) is 5.70. The Labute approximate surface area is 104 Å². The van der Waals surface area contributed by atoms with Crippen molar-refractivity contribution < 1.29 is 19.8 Å². The number of pyridine rings is 1. The number of aromatic hydroxyl groups is 1. The molecule has 2 unspecified atom stereocenters. The Kier molecular flexibility index (Phi) is 3.18. The van der Waals surface area contributed by atoms with Gasteiger partial charge < -0.3 is 15.1 Å². The fourth-order valence-electron chi connectivity index (χ4n) is 2.25. The summed E-state index contributed by atoms with van der Waals surface area (Å²) in [5, 5.41) is 18.7. The summed E-state index contributed by atoms with van der Waals surface area (Å²) in [5.74, 6) is -1.89. The predicted molar refractivity (Wildman–Crippen MR) is 62.1 cm³/mol. The average molecular weight is 250 g/mol. The number of aliphatic carboxylic acids is 1. The Morgan fingerprint density at radius 1 is 1.50 bits per heavy atom. The Hall–Kier alpha value is -2.11. The van der Waals surface area contributed by atoms with Crippen LogP contribution in [-0.2, 0) is 4.79 Å². The van der Waals surface area contributed by atoms with E-state index in [4.69, 9.17) is 5.11 Å². The van der Waals surface area contributed by atoms with Crippen LogP contribution < -0.4 is 0 Å². The van der Waals surface area contributed by atoms with Crippen LogP contribution in [0.3, 0.4) is 0 Å². The minimum Gasteiger partial charge on any atom is -0.505 e. The van der Waals surface area contributed by atoms with Gasteiger partial charge in [-0.05, 0) is 24.5 Å². The number of hydrogen-bond donors (Lipinski definition) is 2. The highest BCUT2D eigenvalue weighted by Gasteiger charge is 2.40. The van der Waals surface area contributed by atoms with E-state index in [0.29, 0.717) is 13.0 Å². The summed E-state index contributed by atoms with van der Waals surface area (Å²) < 4.78 is 0. The van der Waals surface area contributed by atoms with Gasteiger partial charge in [0.15, 0.2) is 5.69 Å². The lowest BCUT2D eigenvalue weighted by molar-refractivity contribution is -0.142. The van der Waals surface area contributed by atoms with Crippen LogP contribution in [0.15, 0.2) is 18.3 Å². The zero-order chi connectivity index (χ0) is 13.3. The molecule has 1 amide bonds. The van der Waals surface area contributed by atoms with Gasteiger partial charge in [0.05, 0.1) is 0 Å². The Balaban J connectivity index is 2.29. The minimum atomic E-state index is -1.02. The highest BCUT2D eigenvalue weighted by atomic mass is 16.4. The zero-order valence-corrected chi connectivity index (χ0v) is 9.91. The van der Waals surface area contributed by atoms with Crippen molar-refractivity contribution in [3.8, 4) is 5.75 Å². The molecule has 6 heteroatoms. The van der Waals surface area contributed by atoms with E-state index in [2.05, 4.69) is 4.98 Å². The first-order valence-corrected chi connectivity index (χ1v) is 5.70. The van der Waals surface area contributed by atoms with Crippen molar-refractivity contribution in [3.05, 3.63) is 24.0 Å². The lowest BCUT2D eigenvalue weighted by Crippen LogP contribution is -2.43. The lowest BCUT2D eigenvalue weighted by Gasteiger charge is -2.23. The molecule has 1 fully saturated rings. The number of hydrogen-bond acceptors (Lipinski definition) is 4. The van der Waals surface area contributed by atoms with Crippen LogP contribution in [-0.4, -0.2) is 44.6 Å². The molecule has 1 aromatic rings. The maximum Gasteiger partial charge on any atom is 0.326 e. The van der Waals surface area contributed by atoms with Gasteiger partial charge >= 0.3 is 5.97 Å². The molecule has 6 nitrogen and oxygen atoms in total. The second kappa shape index (κ2) is 4.64. The van der Waals surface area contributed by atoms with Gasteiger partial charge in [-0.3, -0.25) is 4.79 Å². The number of aromatic nitrogens is 1. The summed E-state index contributed by atoms with van der Waals surface area (Å²) >= 11 is 0. The predicted octanol–water partition coefficient (Wildman–Crippen LogP) is 0.722. The molecule has 1 aliphatic rings. The quantitative estimate of drug-likeness (QED) is 0.807. The number of nitrogens with zero attached hydrogens (tertiary/aromatic N) is 2. The normalized spacial score (nSPS) is 23.1. The van der Waals surface area contributed by atoms with E-state index in [1.807, 2.05) is 0 Å². The first-order chi connectivity index (χ1) is 8.52. The van der Waals surface area contributed by atoms with Crippen LogP contribution in [0.2, 0.25) is 0 Å². The van der Waals surface area contributed by atoms with Crippen molar-refractivity contribution >= 4 is 11.9 Å². The van der Waals surface area contributed by atoms with Crippen LogP contribution in [0.4, 0.5) is 0 Å². The SMILES string of the molecule is CC1CCN(C(=O)c2ncccc2O)C1C(=O)O. The third-order valence-electron chi connectivity index (χ3n) is 3.20. The van der Waals surface area contributed by atoms with Gasteiger partial charge in [-0.2, -0.15) is 0 Å². The van der Waals surface area contributed by atoms with Gasteiger partial charge in [-0.15, -0.1) is 0 Å². The molecular weight excluding hydrogens is 236 g/mol. The molecule has 0 spiro atoms. The second-order valence-corrected chi connectivity index (χ2v) is 4.42. The molecule has 18 heavy (non-hydrogen) atoms. The second-order valence-electron chi connectivity index (χ2n) is 4.42. The fraction of sp³-hybridized carbons (Fsp3) is 0.417. The summed E-state index contributed by atoms with van der Waals surface area (Å²) in [6, 6.07) is 2.02. The lowest BCUT2D eigenvalue weighted by atomic mass is 10.0.